The SMILES string of the molecule is C/C=C1\NC(=O)[C@H](Cc2ccccc2)NC(=O)[C@H](C(C)C)NC(=O)[C@@H]([C@@H](C)CC)NC(=O)[C@@H](NC(=O)[C@H](NC(=O)[C@H](CCCN)NC(=O)[C@H]2CCCN2C(=O)[C@@H](NC(=O)[C@@H](NC(=O)[C@@H](NC(=O)[C@@H](NC(=O)CCCC(C)C)C(C)C)[C@@H](C)O)C(C)C)C(C)C)[C@@H](C)CC)[C@@H](C)OC(=O)[C@H](C(C)C)NC1=O. The van der Waals surface area contributed by atoms with Crippen molar-refractivity contribution in [3.8, 4) is 0 Å². The lowest BCUT2D eigenvalue weighted by Gasteiger charge is -2.33. The molecule has 13 amide bonds. The highest BCUT2D eigenvalue weighted by Crippen LogP contribution is 2.23. The first-order valence-corrected chi connectivity index (χ1v) is 37.5. The molecule has 2 aliphatic rings. The van der Waals surface area contributed by atoms with E-state index in [-0.39, 0.29) is 63.2 Å². The number of nitrogens with zero attached hydrogens (tertiary/aromatic N) is 1. The predicted molar refractivity (Wildman–Crippen MR) is 395 cm³/mol. The van der Waals surface area contributed by atoms with Gasteiger partial charge in [-0.05, 0) is 112 Å². The predicted octanol–water partition coefficient (Wildman–Crippen LogP) is 1.84. The summed E-state index contributed by atoms with van der Waals surface area (Å²) in [5.74, 6) is -15.1. The highest BCUT2D eigenvalue weighted by molar-refractivity contribution is 6.03. The van der Waals surface area contributed by atoms with Crippen LogP contribution in [0.25, 0.3) is 0 Å². The van der Waals surface area contributed by atoms with Crippen LogP contribution in [0, 0.1) is 47.3 Å². The molecule has 16 atom stereocenters. The monoisotopic (exact) mass is 1480 g/mol. The summed E-state index contributed by atoms with van der Waals surface area (Å²) in [5, 5.41) is 43.2. The molecule has 0 saturated carbocycles. The Kier molecular flexibility index (Phi) is 37.8. The molecule has 0 aliphatic carbocycles. The van der Waals surface area contributed by atoms with Gasteiger partial charge in [0.05, 0.1) is 6.10 Å². The van der Waals surface area contributed by atoms with E-state index in [4.69, 9.17) is 10.5 Å². The number of likely N-dealkylation sites (tertiary alicyclic amines) is 1. The second kappa shape index (κ2) is 43.8. The molecule has 0 aromatic heterocycles. The van der Waals surface area contributed by atoms with Crippen LogP contribution < -0.4 is 69.5 Å². The van der Waals surface area contributed by atoms with Gasteiger partial charge in [0.15, 0.2) is 0 Å². The van der Waals surface area contributed by atoms with E-state index in [1.807, 2.05) is 13.8 Å². The van der Waals surface area contributed by atoms with Crippen LogP contribution in [0.5, 0.6) is 0 Å². The molecule has 2 heterocycles. The Morgan fingerprint density at radius 1 is 0.610 bits per heavy atom. The van der Waals surface area contributed by atoms with Crippen molar-refractivity contribution in [1.29, 1.82) is 0 Å². The molecule has 15 N–H and O–H groups in total. The maximum atomic E-state index is 15.0. The number of aliphatic hydroxyl groups excluding tert-OH is 1. The molecule has 2 aliphatic heterocycles. The van der Waals surface area contributed by atoms with Crippen LogP contribution in [0.2, 0.25) is 0 Å². The summed E-state index contributed by atoms with van der Waals surface area (Å²) in [6, 6.07) is -7.67. The fourth-order valence-electron chi connectivity index (χ4n) is 12.1. The van der Waals surface area contributed by atoms with Gasteiger partial charge >= 0.3 is 5.97 Å². The number of rotatable bonds is 33. The zero-order valence-electron chi connectivity index (χ0n) is 65.2. The smallest absolute Gasteiger partial charge is 0.329 e. The number of cyclic esters (lactones) is 1. The third kappa shape index (κ3) is 27.7. The minimum absolute atomic E-state index is 0.0355. The summed E-state index contributed by atoms with van der Waals surface area (Å²) in [7, 11) is 0. The third-order valence-corrected chi connectivity index (χ3v) is 19.3. The lowest BCUT2D eigenvalue weighted by atomic mass is 9.95. The summed E-state index contributed by atoms with van der Waals surface area (Å²) in [6.45, 7) is 31.8. The second-order valence-electron chi connectivity index (χ2n) is 30.2. The van der Waals surface area contributed by atoms with E-state index < -0.39 is 203 Å². The quantitative estimate of drug-likeness (QED) is 0.0353. The van der Waals surface area contributed by atoms with Gasteiger partial charge < -0.3 is 84.3 Å². The van der Waals surface area contributed by atoms with Gasteiger partial charge in [0.1, 0.15) is 84.3 Å². The van der Waals surface area contributed by atoms with E-state index in [0.29, 0.717) is 30.7 Å². The van der Waals surface area contributed by atoms with Crippen molar-refractivity contribution in [2.45, 2.75) is 280 Å². The number of carbonyl (C=O) groups is 14. The van der Waals surface area contributed by atoms with Gasteiger partial charge in [-0.15, -0.1) is 0 Å². The number of hydrogen-bond acceptors (Lipinski definition) is 17. The number of allylic oxidation sites excluding steroid dienone is 1. The molecule has 0 bridgehead atoms. The highest BCUT2D eigenvalue weighted by atomic mass is 16.5. The van der Waals surface area contributed by atoms with Gasteiger partial charge in [0.2, 0.25) is 70.9 Å². The fourth-order valence-corrected chi connectivity index (χ4v) is 12.1. The molecule has 1 aromatic rings. The van der Waals surface area contributed by atoms with E-state index >= 15 is 9.59 Å². The van der Waals surface area contributed by atoms with Crippen molar-refractivity contribution in [2.24, 2.45) is 53.1 Å². The Bertz CT molecular complexity index is 3160. The Balaban J connectivity index is 2.00. The molecule has 2 saturated heterocycles. The second-order valence-corrected chi connectivity index (χ2v) is 30.2. The largest absolute Gasteiger partial charge is 0.458 e. The lowest BCUT2D eigenvalue weighted by molar-refractivity contribution is -0.157. The van der Waals surface area contributed by atoms with Crippen LogP contribution in [0.1, 0.15) is 195 Å². The molecular weight excluding hydrogens is 1350 g/mol. The Labute approximate surface area is 620 Å². The Hall–Kier alpha value is -8.54. The van der Waals surface area contributed by atoms with E-state index in [1.165, 1.54) is 31.7 Å². The number of amides is 13. The first kappa shape index (κ1) is 90.7. The van der Waals surface area contributed by atoms with E-state index in [1.54, 1.807) is 127 Å². The van der Waals surface area contributed by atoms with Crippen LogP contribution in [0.15, 0.2) is 42.1 Å². The summed E-state index contributed by atoms with van der Waals surface area (Å²) in [6.07, 6.45) is 1.02. The van der Waals surface area contributed by atoms with E-state index in [9.17, 15) is 62.6 Å². The topological polar surface area (TPSA) is 442 Å². The summed E-state index contributed by atoms with van der Waals surface area (Å²) in [4.78, 5) is 202. The number of carbonyl (C=O) groups excluding carboxylic acids is 14. The van der Waals surface area contributed by atoms with Gasteiger partial charge in [-0.3, -0.25) is 62.3 Å². The van der Waals surface area contributed by atoms with Gasteiger partial charge in [-0.1, -0.05) is 166 Å². The number of nitrogens with one attached hydrogen (secondary N) is 12. The van der Waals surface area contributed by atoms with Crippen LogP contribution in [-0.4, -0.2) is 191 Å². The maximum absolute atomic E-state index is 15.0. The highest BCUT2D eigenvalue weighted by Gasteiger charge is 2.44. The average molecular weight is 1480 g/mol. The minimum Gasteiger partial charge on any atom is -0.458 e. The van der Waals surface area contributed by atoms with Crippen LogP contribution in [-0.2, 0) is 78.3 Å². The number of hydrogen-bond donors (Lipinski definition) is 14. The summed E-state index contributed by atoms with van der Waals surface area (Å²) < 4.78 is 5.96. The number of esters is 1. The van der Waals surface area contributed by atoms with Gasteiger partial charge in [0, 0.05) is 19.4 Å². The number of nitrogens with two attached hydrogens (primary N) is 1. The van der Waals surface area contributed by atoms with Crippen LogP contribution in [0.4, 0.5) is 0 Å². The van der Waals surface area contributed by atoms with E-state index in [0.717, 1.165) is 6.42 Å². The van der Waals surface area contributed by atoms with Crippen molar-refractivity contribution < 1.29 is 77.0 Å². The van der Waals surface area contributed by atoms with Crippen molar-refractivity contribution >= 4 is 82.8 Å². The minimum atomic E-state index is -1.83. The Morgan fingerprint density at radius 2 is 1.15 bits per heavy atom. The van der Waals surface area contributed by atoms with Crippen molar-refractivity contribution in [3.63, 3.8) is 0 Å². The van der Waals surface area contributed by atoms with Gasteiger partial charge in [-0.2, -0.15) is 0 Å². The molecule has 2 fully saturated rings. The average Bonchev–Trinajstić information content (AvgIpc) is 1.79. The molecule has 105 heavy (non-hydrogen) atoms. The maximum Gasteiger partial charge on any atom is 0.329 e. The van der Waals surface area contributed by atoms with Gasteiger partial charge in [0.25, 0.3) is 5.91 Å². The van der Waals surface area contributed by atoms with Crippen molar-refractivity contribution in [2.75, 3.05) is 13.1 Å². The molecule has 0 unspecified atom stereocenters. The molecule has 590 valence electrons. The van der Waals surface area contributed by atoms with E-state index in [2.05, 4.69) is 63.8 Å². The first-order valence-electron chi connectivity index (χ1n) is 37.5. The van der Waals surface area contributed by atoms with Crippen LogP contribution >= 0.6 is 0 Å². The molecule has 30 heteroatoms. The fraction of sp³-hybridized carbons (Fsp3) is 0.707. The van der Waals surface area contributed by atoms with Gasteiger partial charge in [-0.25, -0.2) is 4.79 Å². The number of ether oxygens (including phenoxy) is 1. The zero-order valence-corrected chi connectivity index (χ0v) is 65.2. The Morgan fingerprint density at radius 3 is 1.69 bits per heavy atom. The normalized spacial score (nSPS) is 22.6. The third-order valence-electron chi connectivity index (χ3n) is 19.3. The molecule has 0 radical (unpaired) electrons. The molecule has 30 nitrogen and oxygen atoms in total. The standard InChI is InChI=1S/C75H124N14O16/c1-20-44(16)59(71(100)88-62-47(19)105-75(104)58(43(14)15)84-63(92)49(22-3)77-65(94)51(37-48-30-24-23-25-31-48)79-67(96)55(40(8)9)81-70(99)60(45(17)21-2)86-73(62)102)85-64(93)50(32-27-35-76)78-66(95)52-33-28-36-89(52)74(103)57(42(12)13)83-69(98)56(41(10)11)82-72(101)61(46(18)90)87-68(97)54(39(6)7)80-53(91)34-26-29-38(4)5/h22-25,30-31,38-47,50-52,54-62,90H,20-21,26-29,32-37,76H2,1-19H3,(H,77,94)(H,78,95)(H,79,96)(H,80,91)(H,81,99)(H,82,101)(H,83,98)(H,84,92)(H,85,93)(H,86,102)(H,87,97)(H,88,100)/b49-22-/t44-,45-,46+,47+,50-,51-,52+,54-,55-,56-,57-,58-,59+,60+,61-,62-/m0/s1. The first-order chi connectivity index (χ1) is 49.2. The zero-order chi connectivity index (χ0) is 79.4. The summed E-state index contributed by atoms with van der Waals surface area (Å²) >= 11 is 0. The molecule has 0 spiro atoms. The lowest BCUT2D eigenvalue weighted by Crippen LogP contribution is -2.64. The summed E-state index contributed by atoms with van der Waals surface area (Å²) in [5.41, 5.74) is 6.34. The number of benzene rings is 1. The van der Waals surface area contributed by atoms with Crippen LogP contribution in [0.3, 0.4) is 0 Å². The van der Waals surface area contributed by atoms with Crippen molar-refractivity contribution in [1.82, 2.24) is 68.7 Å². The molecule has 1 aromatic carbocycles. The molecule has 3 rings (SSSR count). The number of aliphatic hydroxyl groups is 1. The van der Waals surface area contributed by atoms with Crippen molar-refractivity contribution in [3.05, 3.63) is 47.7 Å². The molecular formula is C75H124N14O16.